The maximum Gasteiger partial charge on any atom is 0.242 e. The Kier molecular flexibility index (Phi) is 3.94. The predicted octanol–water partition coefficient (Wildman–Crippen LogP) is 2.95. The summed E-state index contributed by atoms with van der Waals surface area (Å²) < 4.78 is 2.86. The standard InChI is InChI=1S/C16H15BrN4O/c1-20(2)14(22)10-21-15(11-5-7-12(17)8-6-11)19-13-4-3-9-18-16(13)21/h3-9H,10H2,1-2H3. The molecule has 3 rings (SSSR count). The zero-order chi connectivity index (χ0) is 15.7. The highest BCUT2D eigenvalue weighted by atomic mass is 79.9. The van der Waals surface area contributed by atoms with Gasteiger partial charge in [-0.2, -0.15) is 0 Å². The minimum atomic E-state index is 0.00307. The maximum atomic E-state index is 12.1. The molecule has 0 bridgehead atoms. The van der Waals surface area contributed by atoms with E-state index >= 15 is 0 Å². The number of carbonyl (C=O) groups is 1. The number of nitrogens with zero attached hydrogens (tertiary/aromatic N) is 4. The van der Waals surface area contributed by atoms with Gasteiger partial charge in [0.25, 0.3) is 0 Å². The second kappa shape index (κ2) is 5.88. The van der Waals surface area contributed by atoms with E-state index in [1.165, 1.54) is 0 Å². The molecule has 0 atom stereocenters. The average molecular weight is 359 g/mol. The molecule has 6 heteroatoms. The number of rotatable bonds is 3. The van der Waals surface area contributed by atoms with Gasteiger partial charge >= 0.3 is 0 Å². The van der Waals surface area contributed by atoms with Gasteiger partial charge in [-0.3, -0.25) is 9.36 Å². The minimum absolute atomic E-state index is 0.00307. The summed E-state index contributed by atoms with van der Waals surface area (Å²) in [4.78, 5) is 22.7. The van der Waals surface area contributed by atoms with E-state index < -0.39 is 0 Å². The molecule has 0 spiro atoms. The van der Waals surface area contributed by atoms with Crippen LogP contribution in [0, 0.1) is 0 Å². The average Bonchev–Trinajstić information content (AvgIpc) is 2.87. The molecule has 22 heavy (non-hydrogen) atoms. The van der Waals surface area contributed by atoms with Gasteiger partial charge in [0.15, 0.2) is 5.65 Å². The SMILES string of the molecule is CN(C)C(=O)Cn1c(-c2ccc(Br)cc2)nc2cccnc21. The summed E-state index contributed by atoms with van der Waals surface area (Å²) in [5.74, 6) is 0.750. The lowest BCUT2D eigenvalue weighted by molar-refractivity contribution is -0.129. The molecule has 0 radical (unpaired) electrons. The molecule has 1 amide bonds. The van der Waals surface area contributed by atoms with Gasteiger partial charge in [0.2, 0.25) is 5.91 Å². The van der Waals surface area contributed by atoms with E-state index in [-0.39, 0.29) is 12.5 Å². The van der Waals surface area contributed by atoms with E-state index in [2.05, 4.69) is 25.9 Å². The molecule has 2 heterocycles. The summed E-state index contributed by atoms with van der Waals surface area (Å²) in [7, 11) is 3.49. The Hall–Kier alpha value is -2.21. The second-order valence-electron chi connectivity index (χ2n) is 5.16. The molecule has 0 saturated heterocycles. The highest BCUT2D eigenvalue weighted by Crippen LogP contribution is 2.25. The third-order valence-corrected chi connectivity index (χ3v) is 3.93. The van der Waals surface area contributed by atoms with Crippen molar-refractivity contribution >= 4 is 33.0 Å². The number of halogens is 1. The van der Waals surface area contributed by atoms with E-state index in [1.807, 2.05) is 41.0 Å². The Labute approximate surface area is 136 Å². The minimum Gasteiger partial charge on any atom is -0.347 e. The number of amides is 1. The smallest absolute Gasteiger partial charge is 0.242 e. The van der Waals surface area contributed by atoms with Crippen LogP contribution in [0.4, 0.5) is 0 Å². The van der Waals surface area contributed by atoms with Crippen LogP contribution in [0.15, 0.2) is 47.1 Å². The van der Waals surface area contributed by atoms with Crippen molar-refractivity contribution in [3.63, 3.8) is 0 Å². The molecule has 3 aromatic rings. The number of imidazole rings is 1. The van der Waals surface area contributed by atoms with Crippen molar-refractivity contribution in [2.75, 3.05) is 14.1 Å². The molecule has 0 aliphatic heterocycles. The van der Waals surface area contributed by atoms with E-state index in [0.717, 1.165) is 27.0 Å². The van der Waals surface area contributed by atoms with Crippen molar-refractivity contribution in [1.82, 2.24) is 19.4 Å². The van der Waals surface area contributed by atoms with Gasteiger partial charge in [0, 0.05) is 30.3 Å². The van der Waals surface area contributed by atoms with Crippen LogP contribution in [-0.2, 0) is 11.3 Å². The molecule has 0 saturated carbocycles. The number of benzene rings is 1. The van der Waals surface area contributed by atoms with Crippen molar-refractivity contribution in [3.8, 4) is 11.4 Å². The Morgan fingerprint density at radius 1 is 1.23 bits per heavy atom. The molecule has 0 fully saturated rings. The van der Waals surface area contributed by atoms with Crippen LogP contribution in [-0.4, -0.2) is 39.4 Å². The van der Waals surface area contributed by atoms with Gasteiger partial charge in [0.05, 0.1) is 0 Å². The predicted molar refractivity (Wildman–Crippen MR) is 89.4 cm³/mol. The molecule has 5 nitrogen and oxygen atoms in total. The van der Waals surface area contributed by atoms with Crippen molar-refractivity contribution in [2.45, 2.75) is 6.54 Å². The van der Waals surface area contributed by atoms with Gasteiger partial charge in [-0.25, -0.2) is 9.97 Å². The number of fused-ring (bicyclic) bond motifs is 1. The normalized spacial score (nSPS) is 10.9. The van der Waals surface area contributed by atoms with Crippen LogP contribution in [0.2, 0.25) is 0 Å². The Morgan fingerprint density at radius 2 is 1.95 bits per heavy atom. The van der Waals surface area contributed by atoms with Crippen molar-refractivity contribution < 1.29 is 4.79 Å². The molecule has 0 aliphatic rings. The largest absolute Gasteiger partial charge is 0.347 e. The van der Waals surface area contributed by atoms with Crippen LogP contribution in [0.25, 0.3) is 22.6 Å². The van der Waals surface area contributed by atoms with Gasteiger partial charge in [-0.05, 0) is 24.3 Å². The van der Waals surface area contributed by atoms with Crippen LogP contribution >= 0.6 is 15.9 Å². The third kappa shape index (κ3) is 2.74. The molecular formula is C16H15BrN4O. The number of hydrogen-bond acceptors (Lipinski definition) is 3. The molecule has 2 aromatic heterocycles. The number of carbonyl (C=O) groups excluding carboxylic acids is 1. The van der Waals surface area contributed by atoms with E-state index in [1.54, 1.807) is 25.2 Å². The molecule has 1 aromatic carbocycles. The Bertz CT molecular complexity index is 824. The monoisotopic (exact) mass is 358 g/mol. The van der Waals surface area contributed by atoms with Gasteiger partial charge in [-0.1, -0.05) is 28.1 Å². The molecular weight excluding hydrogens is 344 g/mol. The molecule has 0 aliphatic carbocycles. The Balaban J connectivity index is 2.16. The number of hydrogen-bond donors (Lipinski definition) is 0. The van der Waals surface area contributed by atoms with Gasteiger partial charge in [-0.15, -0.1) is 0 Å². The topological polar surface area (TPSA) is 51.0 Å². The highest BCUT2D eigenvalue weighted by molar-refractivity contribution is 9.10. The quantitative estimate of drug-likeness (QED) is 0.723. The van der Waals surface area contributed by atoms with E-state index in [0.29, 0.717) is 0 Å². The number of aromatic nitrogens is 3. The summed E-state index contributed by atoms with van der Waals surface area (Å²) in [6.07, 6.45) is 1.71. The first kappa shape index (κ1) is 14.7. The summed E-state index contributed by atoms with van der Waals surface area (Å²) in [6, 6.07) is 11.6. The van der Waals surface area contributed by atoms with Crippen LogP contribution < -0.4 is 0 Å². The van der Waals surface area contributed by atoms with Crippen LogP contribution in [0.1, 0.15) is 0 Å². The lowest BCUT2D eigenvalue weighted by atomic mass is 10.2. The number of likely N-dealkylation sites (N-methyl/N-ethyl adjacent to an activating group) is 1. The summed E-state index contributed by atoms with van der Waals surface area (Å²) in [6.45, 7) is 0.214. The first-order valence-electron chi connectivity index (χ1n) is 6.83. The van der Waals surface area contributed by atoms with Crippen molar-refractivity contribution in [2.24, 2.45) is 0 Å². The summed E-state index contributed by atoms with van der Waals surface area (Å²) in [5, 5.41) is 0. The zero-order valence-corrected chi connectivity index (χ0v) is 13.9. The lowest BCUT2D eigenvalue weighted by Gasteiger charge is -2.13. The first-order chi connectivity index (χ1) is 10.6. The molecule has 0 N–H and O–H groups in total. The third-order valence-electron chi connectivity index (χ3n) is 3.40. The van der Waals surface area contributed by atoms with Crippen molar-refractivity contribution in [3.05, 3.63) is 47.1 Å². The van der Waals surface area contributed by atoms with Crippen LogP contribution in [0.5, 0.6) is 0 Å². The fourth-order valence-electron chi connectivity index (χ4n) is 2.20. The maximum absolute atomic E-state index is 12.1. The number of pyridine rings is 1. The van der Waals surface area contributed by atoms with Gasteiger partial charge in [0.1, 0.15) is 17.9 Å². The highest BCUT2D eigenvalue weighted by Gasteiger charge is 2.16. The second-order valence-corrected chi connectivity index (χ2v) is 6.08. The van der Waals surface area contributed by atoms with E-state index in [9.17, 15) is 4.79 Å². The fourth-order valence-corrected chi connectivity index (χ4v) is 2.47. The molecule has 112 valence electrons. The molecule has 0 unspecified atom stereocenters. The Morgan fingerprint density at radius 3 is 2.64 bits per heavy atom. The summed E-state index contributed by atoms with van der Waals surface area (Å²) in [5.41, 5.74) is 2.45. The fraction of sp³-hybridized carbons (Fsp3) is 0.188. The van der Waals surface area contributed by atoms with E-state index in [4.69, 9.17) is 0 Å². The first-order valence-corrected chi connectivity index (χ1v) is 7.63. The lowest BCUT2D eigenvalue weighted by Crippen LogP contribution is -2.26. The van der Waals surface area contributed by atoms with Gasteiger partial charge < -0.3 is 4.90 Å². The van der Waals surface area contributed by atoms with Crippen LogP contribution in [0.3, 0.4) is 0 Å². The van der Waals surface area contributed by atoms with Crippen molar-refractivity contribution in [1.29, 1.82) is 0 Å². The zero-order valence-electron chi connectivity index (χ0n) is 12.3. The summed E-state index contributed by atoms with van der Waals surface area (Å²) >= 11 is 3.43.